The van der Waals surface area contributed by atoms with Gasteiger partial charge in [-0.2, -0.15) is 13.2 Å². The van der Waals surface area contributed by atoms with Crippen LogP contribution in [0.25, 0.3) is 11.3 Å². The molecule has 154 valence electrons. The van der Waals surface area contributed by atoms with E-state index in [9.17, 15) is 18.3 Å². The van der Waals surface area contributed by atoms with Crippen molar-refractivity contribution in [2.45, 2.75) is 32.0 Å². The summed E-state index contributed by atoms with van der Waals surface area (Å²) in [7, 11) is 0. The molecule has 5 nitrogen and oxygen atoms in total. The van der Waals surface area contributed by atoms with Gasteiger partial charge >= 0.3 is 6.18 Å². The Morgan fingerprint density at radius 1 is 1.24 bits per heavy atom. The molecule has 1 saturated heterocycles. The van der Waals surface area contributed by atoms with Crippen LogP contribution in [0.5, 0.6) is 5.75 Å². The molecule has 8 heteroatoms. The lowest BCUT2D eigenvalue weighted by atomic mass is 10.00. The first-order valence-corrected chi connectivity index (χ1v) is 8.87. The third-order valence-corrected chi connectivity index (χ3v) is 4.47. The number of hydrogen-bond donors (Lipinski definition) is 2. The van der Waals surface area contributed by atoms with E-state index in [0.29, 0.717) is 30.5 Å². The molecule has 0 unspecified atom stereocenters. The Labute approximate surface area is 167 Å². The number of phenolic OH excluding ortho intramolecular Hbond substituents is 1. The van der Waals surface area contributed by atoms with Crippen LogP contribution in [0.4, 0.5) is 19.0 Å². The van der Waals surface area contributed by atoms with Crippen molar-refractivity contribution in [1.29, 1.82) is 0 Å². The number of aromatic nitrogens is 1. The number of pyridine rings is 1. The van der Waals surface area contributed by atoms with Gasteiger partial charge < -0.3 is 15.6 Å². The van der Waals surface area contributed by atoms with Crippen molar-refractivity contribution < 1.29 is 23.0 Å². The number of hydrogen-bond acceptors (Lipinski definition) is 5. The number of anilines is 1. The molecule has 2 aromatic rings. The van der Waals surface area contributed by atoms with E-state index in [4.69, 9.17) is 10.5 Å². The summed E-state index contributed by atoms with van der Waals surface area (Å²) in [5.74, 6) is -0.292. The second-order valence-electron chi connectivity index (χ2n) is 6.48. The fourth-order valence-corrected chi connectivity index (χ4v) is 3.02. The third kappa shape index (κ3) is 5.48. The van der Waals surface area contributed by atoms with Gasteiger partial charge in [0.2, 0.25) is 0 Å². The molecule has 0 bridgehead atoms. The number of aromatic hydroxyl groups is 1. The van der Waals surface area contributed by atoms with Crippen LogP contribution in [0.2, 0.25) is 0 Å². The van der Waals surface area contributed by atoms with Crippen LogP contribution < -0.4 is 5.73 Å². The zero-order valence-corrected chi connectivity index (χ0v) is 15.9. The SMILES string of the molecule is C#C.Cc1cc(C(F)(F)F)cc(O)c1-c1ccc(C=NC2CCOCC2)c(N)n1. The number of nitrogens with zero attached hydrogens (tertiary/aromatic N) is 2. The van der Waals surface area contributed by atoms with E-state index in [0.717, 1.165) is 18.9 Å². The van der Waals surface area contributed by atoms with Crippen LogP contribution in [0.1, 0.15) is 29.5 Å². The number of nitrogens with two attached hydrogens (primary N) is 1. The van der Waals surface area contributed by atoms with E-state index >= 15 is 0 Å². The molecule has 0 atom stereocenters. The Morgan fingerprint density at radius 3 is 2.45 bits per heavy atom. The molecular weight excluding hydrogens is 383 g/mol. The lowest BCUT2D eigenvalue weighted by Crippen LogP contribution is -2.18. The minimum Gasteiger partial charge on any atom is -0.507 e. The van der Waals surface area contributed by atoms with Crippen molar-refractivity contribution in [3.63, 3.8) is 0 Å². The summed E-state index contributed by atoms with van der Waals surface area (Å²) in [5.41, 5.74) is 6.49. The number of halogens is 3. The van der Waals surface area contributed by atoms with Gasteiger partial charge in [0.25, 0.3) is 0 Å². The van der Waals surface area contributed by atoms with E-state index in [1.54, 1.807) is 18.3 Å². The second-order valence-corrected chi connectivity index (χ2v) is 6.48. The minimum atomic E-state index is -4.53. The smallest absolute Gasteiger partial charge is 0.416 e. The predicted octanol–water partition coefficient (Wildman–Crippen LogP) is 4.21. The van der Waals surface area contributed by atoms with Crippen molar-refractivity contribution in [2.75, 3.05) is 18.9 Å². The number of alkyl halides is 3. The van der Waals surface area contributed by atoms with E-state index in [1.807, 2.05) is 0 Å². The van der Waals surface area contributed by atoms with Gasteiger partial charge in [-0.05, 0) is 49.6 Å². The fourth-order valence-electron chi connectivity index (χ4n) is 3.02. The average Bonchev–Trinajstić information content (AvgIpc) is 2.68. The van der Waals surface area contributed by atoms with Crippen molar-refractivity contribution in [3.8, 4) is 29.9 Å². The normalized spacial score (nSPS) is 15.1. The van der Waals surface area contributed by atoms with Crippen LogP contribution in [-0.2, 0) is 10.9 Å². The number of nitrogen functional groups attached to an aromatic ring is 1. The number of terminal acetylenes is 1. The summed E-state index contributed by atoms with van der Waals surface area (Å²) in [6, 6.07) is 5.15. The Balaban J connectivity index is 0.00000145. The van der Waals surface area contributed by atoms with Gasteiger partial charge in [-0.25, -0.2) is 4.98 Å². The molecule has 2 heterocycles. The number of benzene rings is 1. The average molecular weight is 405 g/mol. The van der Waals surface area contributed by atoms with E-state index < -0.39 is 17.5 Å². The summed E-state index contributed by atoms with van der Waals surface area (Å²) in [6.45, 7) is 2.85. The highest BCUT2D eigenvalue weighted by atomic mass is 19.4. The topological polar surface area (TPSA) is 80.7 Å². The zero-order chi connectivity index (χ0) is 21.6. The van der Waals surface area contributed by atoms with Crippen molar-refractivity contribution >= 4 is 12.0 Å². The molecule has 3 rings (SSSR count). The summed E-state index contributed by atoms with van der Waals surface area (Å²) in [5, 5.41) is 10.1. The molecular formula is C21H22F3N3O2. The van der Waals surface area contributed by atoms with Crippen LogP contribution in [0.3, 0.4) is 0 Å². The molecule has 1 aliphatic rings. The highest BCUT2D eigenvalue weighted by Gasteiger charge is 2.32. The summed E-state index contributed by atoms with van der Waals surface area (Å²) >= 11 is 0. The molecule has 1 aliphatic heterocycles. The van der Waals surface area contributed by atoms with Crippen molar-refractivity contribution in [2.24, 2.45) is 4.99 Å². The molecule has 0 saturated carbocycles. The first-order valence-electron chi connectivity index (χ1n) is 8.87. The number of phenols is 1. The monoisotopic (exact) mass is 405 g/mol. The van der Waals surface area contributed by atoms with Crippen LogP contribution >= 0.6 is 0 Å². The molecule has 1 fully saturated rings. The predicted molar refractivity (Wildman–Crippen MR) is 107 cm³/mol. The fraction of sp³-hybridized carbons (Fsp3) is 0.333. The molecule has 1 aromatic heterocycles. The third-order valence-electron chi connectivity index (χ3n) is 4.47. The zero-order valence-electron chi connectivity index (χ0n) is 15.9. The van der Waals surface area contributed by atoms with Gasteiger partial charge in [-0.1, -0.05) is 0 Å². The Morgan fingerprint density at radius 2 is 1.90 bits per heavy atom. The summed E-state index contributed by atoms with van der Waals surface area (Å²) in [4.78, 5) is 8.73. The van der Waals surface area contributed by atoms with Crippen LogP contribution in [0.15, 0.2) is 29.3 Å². The lowest BCUT2D eigenvalue weighted by molar-refractivity contribution is -0.137. The Kier molecular flexibility index (Phi) is 7.23. The van der Waals surface area contributed by atoms with Gasteiger partial charge in [0, 0.05) is 30.6 Å². The maximum Gasteiger partial charge on any atom is 0.416 e. The van der Waals surface area contributed by atoms with Crippen LogP contribution in [-0.4, -0.2) is 35.6 Å². The first-order chi connectivity index (χ1) is 13.8. The van der Waals surface area contributed by atoms with Gasteiger partial charge in [0.1, 0.15) is 11.6 Å². The Hall–Kier alpha value is -3.05. The number of rotatable bonds is 3. The second kappa shape index (κ2) is 9.43. The summed E-state index contributed by atoms with van der Waals surface area (Å²) in [6.07, 6.45) is 6.82. The molecule has 0 spiro atoms. The quantitative estimate of drug-likeness (QED) is 0.592. The number of ether oxygens (including phenoxy) is 1. The number of aliphatic imine (C=N–C) groups is 1. The lowest BCUT2D eigenvalue weighted by Gasteiger charge is -2.18. The van der Waals surface area contributed by atoms with Gasteiger partial charge in [0.15, 0.2) is 0 Å². The maximum atomic E-state index is 12.9. The van der Waals surface area contributed by atoms with E-state index in [-0.39, 0.29) is 23.0 Å². The molecule has 29 heavy (non-hydrogen) atoms. The van der Waals surface area contributed by atoms with E-state index in [1.165, 1.54) is 6.92 Å². The van der Waals surface area contributed by atoms with Crippen molar-refractivity contribution in [3.05, 3.63) is 41.0 Å². The molecule has 1 aromatic carbocycles. The molecule has 0 aliphatic carbocycles. The molecule has 3 N–H and O–H groups in total. The highest BCUT2D eigenvalue weighted by Crippen LogP contribution is 2.38. The highest BCUT2D eigenvalue weighted by molar-refractivity contribution is 5.87. The van der Waals surface area contributed by atoms with Crippen LogP contribution in [0, 0.1) is 19.8 Å². The van der Waals surface area contributed by atoms with Gasteiger partial charge in [0.05, 0.1) is 17.3 Å². The maximum absolute atomic E-state index is 12.9. The molecule has 0 amide bonds. The largest absolute Gasteiger partial charge is 0.507 e. The summed E-state index contributed by atoms with van der Waals surface area (Å²) < 4.78 is 43.9. The number of aryl methyl sites for hydroxylation is 1. The van der Waals surface area contributed by atoms with Gasteiger partial charge in [-0.15, -0.1) is 12.8 Å². The van der Waals surface area contributed by atoms with E-state index in [2.05, 4.69) is 22.8 Å². The van der Waals surface area contributed by atoms with Crippen molar-refractivity contribution in [1.82, 2.24) is 4.98 Å². The molecule has 0 radical (unpaired) electrons. The minimum absolute atomic E-state index is 0.180. The first kappa shape index (κ1) is 22.2. The Bertz CT molecular complexity index is 879. The van der Waals surface area contributed by atoms with Gasteiger partial charge in [-0.3, -0.25) is 4.99 Å². The standard InChI is InChI=1S/C19H20F3N3O2.C2H2/c1-11-8-13(19(20,21)22)9-16(26)17(11)15-3-2-12(18(23)25-15)10-24-14-4-6-27-7-5-14;1-2/h2-3,8-10,14,26H,4-7H2,1H3,(H2,23,25);1-2H.